The zero-order valence-corrected chi connectivity index (χ0v) is 11.7. The molecule has 104 valence electrons. The number of halogens is 1. The van der Waals surface area contributed by atoms with Gasteiger partial charge in [0.25, 0.3) is 0 Å². The van der Waals surface area contributed by atoms with Gasteiger partial charge in [0.2, 0.25) is 0 Å². The van der Waals surface area contributed by atoms with Crippen LogP contribution in [0, 0.1) is 0 Å². The Kier molecular flexibility index (Phi) is 4.87. The molecule has 0 spiro atoms. The summed E-state index contributed by atoms with van der Waals surface area (Å²) in [6, 6.07) is 5.32. The summed E-state index contributed by atoms with van der Waals surface area (Å²) >= 11 is 6.27. The first-order chi connectivity index (χ1) is 9.20. The molecule has 0 radical (unpaired) electrons. The minimum absolute atomic E-state index is 0.224. The molecule has 1 heterocycles. The summed E-state index contributed by atoms with van der Waals surface area (Å²) in [6.07, 6.45) is 0. The fourth-order valence-corrected chi connectivity index (χ4v) is 2.28. The number of rotatable bonds is 3. The molecule has 1 aromatic carbocycles. The summed E-state index contributed by atoms with van der Waals surface area (Å²) in [6.45, 7) is 5.57. The Labute approximate surface area is 117 Å². The predicted molar refractivity (Wildman–Crippen MR) is 77.2 cm³/mol. The highest BCUT2D eigenvalue weighted by Gasteiger charge is 2.14. The summed E-state index contributed by atoms with van der Waals surface area (Å²) in [7, 11) is 0. The number of nitrogens with zero attached hydrogens (tertiary/aromatic N) is 1. The number of nitrogens with one attached hydrogen (secondary N) is 2. The van der Waals surface area contributed by atoms with Gasteiger partial charge in [0.15, 0.2) is 0 Å². The first-order valence-corrected chi connectivity index (χ1v) is 6.75. The fraction of sp³-hybridized carbons (Fsp3) is 0.462. The molecule has 1 saturated heterocycles. The van der Waals surface area contributed by atoms with E-state index in [9.17, 15) is 4.79 Å². The maximum Gasteiger partial charge on any atom is 0.319 e. The number of anilines is 2. The molecule has 5 nitrogen and oxygen atoms in total. The first kappa shape index (κ1) is 14.0. The number of morpholine rings is 1. The summed E-state index contributed by atoms with van der Waals surface area (Å²) in [4.78, 5) is 13.6. The molecule has 6 heteroatoms. The van der Waals surface area contributed by atoms with Crippen LogP contribution in [0.2, 0.25) is 5.02 Å². The van der Waals surface area contributed by atoms with Gasteiger partial charge in [0.1, 0.15) is 0 Å². The highest BCUT2D eigenvalue weighted by atomic mass is 35.5. The van der Waals surface area contributed by atoms with E-state index in [1.165, 1.54) is 0 Å². The summed E-state index contributed by atoms with van der Waals surface area (Å²) in [5.74, 6) is 0. The third kappa shape index (κ3) is 3.75. The van der Waals surface area contributed by atoms with Gasteiger partial charge in [-0.25, -0.2) is 4.79 Å². The lowest BCUT2D eigenvalue weighted by molar-refractivity contribution is 0.122. The molecule has 0 bridgehead atoms. The molecule has 1 aliphatic heterocycles. The Hall–Kier alpha value is -1.46. The number of benzene rings is 1. The summed E-state index contributed by atoms with van der Waals surface area (Å²) < 4.78 is 5.31. The Bertz CT molecular complexity index is 448. The van der Waals surface area contributed by atoms with Crippen molar-refractivity contribution in [1.82, 2.24) is 5.32 Å². The topological polar surface area (TPSA) is 53.6 Å². The number of ether oxygens (including phenoxy) is 1. The largest absolute Gasteiger partial charge is 0.378 e. The minimum Gasteiger partial charge on any atom is -0.378 e. The van der Waals surface area contributed by atoms with Crippen LogP contribution in [0.3, 0.4) is 0 Å². The van der Waals surface area contributed by atoms with Gasteiger partial charge in [-0.2, -0.15) is 0 Å². The van der Waals surface area contributed by atoms with Crippen LogP contribution in [-0.2, 0) is 4.74 Å². The summed E-state index contributed by atoms with van der Waals surface area (Å²) in [5, 5.41) is 6.04. The zero-order valence-electron chi connectivity index (χ0n) is 10.9. The van der Waals surface area contributed by atoms with Crippen molar-refractivity contribution in [1.29, 1.82) is 0 Å². The molecule has 2 amide bonds. The van der Waals surface area contributed by atoms with E-state index in [0.29, 0.717) is 17.3 Å². The minimum atomic E-state index is -0.224. The molecular formula is C13H18ClN3O2. The van der Waals surface area contributed by atoms with E-state index >= 15 is 0 Å². The molecule has 0 unspecified atom stereocenters. The molecule has 2 N–H and O–H groups in total. The maximum atomic E-state index is 11.4. The number of amides is 2. The second kappa shape index (κ2) is 6.63. The van der Waals surface area contributed by atoms with Crippen molar-refractivity contribution >= 4 is 29.0 Å². The molecule has 0 aromatic heterocycles. The molecule has 2 rings (SSSR count). The molecule has 0 atom stereocenters. The second-order valence-electron chi connectivity index (χ2n) is 4.25. The standard InChI is InChI=1S/C13H18ClN3O2/c1-2-15-13(18)16-10-3-4-12(11(14)9-10)17-5-7-19-8-6-17/h3-4,9H,2,5-8H2,1H3,(H2,15,16,18). The van der Waals surface area contributed by atoms with Crippen LogP contribution in [-0.4, -0.2) is 38.9 Å². The van der Waals surface area contributed by atoms with Crippen LogP contribution >= 0.6 is 11.6 Å². The van der Waals surface area contributed by atoms with Crippen molar-refractivity contribution in [3.8, 4) is 0 Å². The number of carbonyl (C=O) groups is 1. The summed E-state index contributed by atoms with van der Waals surface area (Å²) in [5.41, 5.74) is 1.67. The monoisotopic (exact) mass is 283 g/mol. The van der Waals surface area contributed by atoms with Crippen LogP contribution < -0.4 is 15.5 Å². The van der Waals surface area contributed by atoms with Gasteiger partial charge in [-0.05, 0) is 25.1 Å². The van der Waals surface area contributed by atoms with Crippen molar-refractivity contribution in [2.45, 2.75) is 6.92 Å². The molecule has 1 aliphatic rings. The van der Waals surface area contributed by atoms with Gasteiger partial charge in [0.05, 0.1) is 23.9 Å². The average molecular weight is 284 g/mol. The van der Waals surface area contributed by atoms with Crippen LogP contribution in [0.1, 0.15) is 6.92 Å². The Morgan fingerprint density at radius 1 is 1.42 bits per heavy atom. The lowest BCUT2D eigenvalue weighted by Gasteiger charge is -2.29. The van der Waals surface area contributed by atoms with E-state index < -0.39 is 0 Å². The quantitative estimate of drug-likeness (QED) is 0.895. The van der Waals surface area contributed by atoms with E-state index in [-0.39, 0.29) is 6.03 Å². The van der Waals surface area contributed by atoms with E-state index in [1.807, 2.05) is 19.1 Å². The van der Waals surface area contributed by atoms with Crippen LogP contribution in [0.5, 0.6) is 0 Å². The van der Waals surface area contributed by atoms with Crippen molar-refractivity contribution in [3.63, 3.8) is 0 Å². The Morgan fingerprint density at radius 2 is 2.16 bits per heavy atom. The van der Waals surface area contributed by atoms with Gasteiger partial charge >= 0.3 is 6.03 Å². The van der Waals surface area contributed by atoms with Gasteiger partial charge in [-0.1, -0.05) is 11.6 Å². The van der Waals surface area contributed by atoms with Crippen molar-refractivity contribution in [2.24, 2.45) is 0 Å². The maximum absolute atomic E-state index is 11.4. The lowest BCUT2D eigenvalue weighted by Crippen LogP contribution is -2.36. The molecular weight excluding hydrogens is 266 g/mol. The van der Waals surface area contributed by atoms with E-state index in [1.54, 1.807) is 6.07 Å². The highest BCUT2D eigenvalue weighted by molar-refractivity contribution is 6.33. The fourth-order valence-electron chi connectivity index (χ4n) is 1.98. The predicted octanol–water partition coefficient (Wildman–Crippen LogP) is 2.32. The highest BCUT2D eigenvalue weighted by Crippen LogP contribution is 2.29. The smallest absolute Gasteiger partial charge is 0.319 e. The van der Waals surface area contributed by atoms with Crippen LogP contribution in [0.25, 0.3) is 0 Å². The molecule has 19 heavy (non-hydrogen) atoms. The van der Waals surface area contributed by atoms with Gasteiger partial charge in [0, 0.05) is 25.3 Å². The molecule has 0 aliphatic carbocycles. The number of urea groups is 1. The van der Waals surface area contributed by atoms with E-state index in [2.05, 4.69) is 15.5 Å². The lowest BCUT2D eigenvalue weighted by atomic mass is 10.2. The van der Waals surface area contributed by atoms with Crippen molar-refractivity contribution in [2.75, 3.05) is 43.1 Å². The number of hydrogen-bond donors (Lipinski definition) is 2. The third-order valence-electron chi connectivity index (χ3n) is 2.89. The molecule has 1 fully saturated rings. The van der Waals surface area contributed by atoms with Gasteiger partial charge < -0.3 is 20.3 Å². The van der Waals surface area contributed by atoms with Gasteiger partial charge in [-0.15, -0.1) is 0 Å². The second-order valence-corrected chi connectivity index (χ2v) is 4.66. The van der Waals surface area contributed by atoms with Crippen LogP contribution in [0.15, 0.2) is 18.2 Å². The number of carbonyl (C=O) groups excluding carboxylic acids is 1. The van der Waals surface area contributed by atoms with E-state index in [0.717, 1.165) is 32.0 Å². The van der Waals surface area contributed by atoms with Crippen LogP contribution in [0.4, 0.5) is 16.2 Å². The average Bonchev–Trinajstić information content (AvgIpc) is 2.40. The number of hydrogen-bond acceptors (Lipinski definition) is 3. The van der Waals surface area contributed by atoms with Gasteiger partial charge in [-0.3, -0.25) is 0 Å². The van der Waals surface area contributed by atoms with E-state index in [4.69, 9.17) is 16.3 Å². The Morgan fingerprint density at radius 3 is 2.79 bits per heavy atom. The zero-order chi connectivity index (χ0) is 13.7. The van der Waals surface area contributed by atoms with Crippen molar-refractivity contribution in [3.05, 3.63) is 23.2 Å². The SMILES string of the molecule is CCNC(=O)Nc1ccc(N2CCOCC2)c(Cl)c1. The first-order valence-electron chi connectivity index (χ1n) is 6.38. The normalized spacial score (nSPS) is 15.2. The molecule has 1 aromatic rings. The molecule has 0 saturated carbocycles. The third-order valence-corrected chi connectivity index (χ3v) is 3.20. The van der Waals surface area contributed by atoms with Crippen molar-refractivity contribution < 1.29 is 9.53 Å². The Balaban J connectivity index is 2.06.